The smallest absolute Gasteiger partial charge is 0.0250 e. The van der Waals surface area contributed by atoms with Crippen LogP contribution in [0.5, 0.6) is 0 Å². The van der Waals surface area contributed by atoms with Crippen LogP contribution >= 0.6 is 8.58 Å². The van der Waals surface area contributed by atoms with E-state index in [-0.39, 0.29) is 0 Å². The van der Waals surface area contributed by atoms with Crippen LogP contribution in [0.25, 0.3) is 0 Å². The molecular weight excluding hydrogens is 187 g/mol. The Labute approximate surface area is 92.3 Å². The molecule has 0 unspecified atom stereocenters. The number of unbranched alkanes of at least 4 members (excludes halogenated alkanes) is 6. The second-order valence-corrected chi connectivity index (χ2v) is 4.96. The Kier molecular flexibility index (Phi) is 13.3. The molecule has 0 rings (SSSR count). The van der Waals surface area contributed by atoms with Gasteiger partial charge in [-0.25, -0.2) is 0 Å². The first-order valence-corrected chi connectivity index (χ1v) is 7.38. The molecule has 0 heterocycles. The highest BCUT2D eigenvalue weighted by Gasteiger charge is 1.88. The summed E-state index contributed by atoms with van der Waals surface area (Å²) in [4.78, 5) is 0. The van der Waals surface area contributed by atoms with Crippen LogP contribution in [-0.4, -0.2) is 6.16 Å². The van der Waals surface area contributed by atoms with Gasteiger partial charge in [0.25, 0.3) is 0 Å². The van der Waals surface area contributed by atoms with E-state index in [1.165, 1.54) is 66.1 Å². The largest absolute Gasteiger partial charge is 0.0837 e. The third-order valence-electron chi connectivity index (χ3n) is 2.33. The summed E-state index contributed by atoms with van der Waals surface area (Å²) in [6.45, 7) is 4.52. The Hall–Kier alpha value is 0.170. The molecule has 83 valence electrons. The molecule has 14 heavy (non-hydrogen) atoms. The van der Waals surface area contributed by atoms with Gasteiger partial charge in [0.15, 0.2) is 0 Å². The van der Waals surface area contributed by atoms with Gasteiger partial charge in [0.05, 0.1) is 0 Å². The average Bonchev–Trinajstić information content (AvgIpc) is 2.21. The molecule has 0 N–H and O–H groups in total. The molecular formula is C13H26P. The van der Waals surface area contributed by atoms with Crippen LogP contribution in [0, 0.1) is 0 Å². The van der Waals surface area contributed by atoms with Gasteiger partial charge in [0.2, 0.25) is 0 Å². The van der Waals surface area contributed by atoms with Gasteiger partial charge >= 0.3 is 0 Å². The highest BCUT2D eigenvalue weighted by Crippen LogP contribution is 2.16. The minimum Gasteiger partial charge on any atom is -0.0837 e. The van der Waals surface area contributed by atoms with E-state index in [1.54, 1.807) is 0 Å². The van der Waals surface area contributed by atoms with Gasteiger partial charge in [-0.05, 0) is 19.0 Å². The Morgan fingerprint density at radius 3 is 2.29 bits per heavy atom. The standard InChI is InChI=1S/C13H26P/c1-3-5-7-9-11-13-14-12-10-8-6-4-2/h10,12H,3-9,11,13H2,1-2H3. The number of hydrogen-bond acceptors (Lipinski definition) is 0. The highest BCUT2D eigenvalue weighted by molar-refractivity contribution is 7.41. The van der Waals surface area contributed by atoms with E-state index < -0.39 is 0 Å². The van der Waals surface area contributed by atoms with Gasteiger partial charge in [0.1, 0.15) is 0 Å². The average molecular weight is 213 g/mol. The number of allylic oxidation sites excluding steroid dienone is 1. The first kappa shape index (κ1) is 14.2. The molecule has 0 aromatic heterocycles. The minimum absolute atomic E-state index is 1.28. The van der Waals surface area contributed by atoms with E-state index in [2.05, 4.69) is 25.7 Å². The fraction of sp³-hybridized carbons (Fsp3) is 0.846. The summed E-state index contributed by atoms with van der Waals surface area (Å²) >= 11 is 0. The quantitative estimate of drug-likeness (QED) is 0.327. The molecule has 0 bridgehead atoms. The fourth-order valence-electron chi connectivity index (χ4n) is 1.35. The van der Waals surface area contributed by atoms with E-state index in [4.69, 9.17) is 0 Å². The number of hydrogen-bond donors (Lipinski definition) is 0. The zero-order chi connectivity index (χ0) is 10.5. The Balaban J connectivity index is 2.94. The molecule has 1 radical (unpaired) electrons. The van der Waals surface area contributed by atoms with Crippen LogP contribution in [-0.2, 0) is 0 Å². The summed E-state index contributed by atoms with van der Waals surface area (Å²) in [5.74, 6) is 2.34. The normalized spacial score (nSPS) is 12.1. The Morgan fingerprint density at radius 1 is 0.857 bits per heavy atom. The third kappa shape index (κ3) is 12.2. The third-order valence-corrected chi connectivity index (χ3v) is 3.32. The van der Waals surface area contributed by atoms with Crippen molar-refractivity contribution in [1.82, 2.24) is 0 Å². The van der Waals surface area contributed by atoms with Crippen molar-refractivity contribution in [3.05, 3.63) is 11.9 Å². The molecule has 0 saturated heterocycles. The van der Waals surface area contributed by atoms with E-state index in [0.29, 0.717) is 0 Å². The summed E-state index contributed by atoms with van der Waals surface area (Å²) in [6.07, 6.45) is 14.7. The lowest BCUT2D eigenvalue weighted by Crippen LogP contribution is -1.78. The maximum Gasteiger partial charge on any atom is -0.0250 e. The van der Waals surface area contributed by atoms with Crippen molar-refractivity contribution in [3.63, 3.8) is 0 Å². The van der Waals surface area contributed by atoms with Crippen molar-refractivity contribution < 1.29 is 0 Å². The molecule has 0 nitrogen and oxygen atoms in total. The van der Waals surface area contributed by atoms with Crippen LogP contribution in [0.4, 0.5) is 0 Å². The molecule has 1 heteroatoms. The van der Waals surface area contributed by atoms with Crippen molar-refractivity contribution in [2.75, 3.05) is 6.16 Å². The second-order valence-electron chi connectivity index (χ2n) is 3.85. The van der Waals surface area contributed by atoms with Crippen molar-refractivity contribution in [1.29, 1.82) is 0 Å². The van der Waals surface area contributed by atoms with Gasteiger partial charge in [-0.2, -0.15) is 0 Å². The van der Waals surface area contributed by atoms with Gasteiger partial charge in [-0.15, -0.1) is 0 Å². The molecule has 0 fully saturated rings. The summed E-state index contributed by atoms with van der Waals surface area (Å²) in [7, 11) is 1.53. The van der Waals surface area contributed by atoms with Crippen LogP contribution in [0.3, 0.4) is 0 Å². The molecule has 0 aromatic rings. The van der Waals surface area contributed by atoms with E-state index in [0.717, 1.165) is 0 Å². The van der Waals surface area contributed by atoms with Crippen molar-refractivity contribution in [2.45, 2.75) is 65.2 Å². The summed E-state index contributed by atoms with van der Waals surface area (Å²) in [5.41, 5.74) is 0. The number of rotatable bonds is 10. The summed E-state index contributed by atoms with van der Waals surface area (Å²) < 4.78 is 0. The van der Waals surface area contributed by atoms with Crippen molar-refractivity contribution in [2.24, 2.45) is 0 Å². The van der Waals surface area contributed by atoms with Gasteiger partial charge in [-0.1, -0.05) is 72.8 Å². The van der Waals surface area contributed by atoms with Gasteiger partial charge in [0, 0.05) is 0 Å². The molecule has 0 saturated carbocycles. The molecule has 0 amide bonds. The van der Waals surface area contributed by atoms with E-state index in [9.17, 15) is 0 Å². The van der Waals surface area contributed by atoms with Crippen LogP contribution in [0.1, 0.15) is 65.2 Å². The molecule has 0 aliphatic rings. The summed E-state index contributed by atoms with van der Waals surface area (Å²) in [5, 5.41) is 0. The maximum atomic E-state index is 2.34. The Morgan fingerprint density at radius 2 is 1.57 bits per heavy atom. The van der Waals surface area contributed by atoms with Gasteiger partial charge in [-0.3, -0.25) is 0 Å². The zero-order valence-electron chi connectivity index (χ0n) is 9.97. The molecule has 0 aromatic carbocycles. The Bertz CT molecular complexity index is 118. The predicted octanol–water partition coefficient (Wildman–Crippen LogP) is 5.61. The first-order valence-electron chi connectivity index (χ1n) is 6.23. The topological polar surface area (TPSA) is 0 Å². The molecule has 0 atom stereocenters. The predicted molar refractivity (Wildman–Crippen MR) is 69.2 cm³/mol. The lowest BCUT2D eigenvalue weighted by Gasteiger charge is -1.97. The lowest BCUT2D eigenvalue weighted by atomic mass is 10.2. The van der Waals surface area contributed by atoms with Crippen molar-refractivity contribution in [3.8, 4) is 0 Å². The second kappa shape index (κ2) is 13.2. The summed E-state index contributed by atoms with van der Waals surface area (Å²) in [6, 6.07) is 0. The SMILES string of the molecule is CCCCC=C[P]CCCCCCC. The minimum atomic E-state index is 1.28. The molecule has 0 spiro atoms. The molecule has 0 aliphatic carbocycles. The van der Waals surface area contributed by atoms with Crippen LogP contribution < -0.4 is 0 Å². The maximum absolute atomic E-state index is 2.34. The van der Waals surface area contributed by atoms with Gasteiger partial charge < -0.3 is 0 Å². The fourth-order valence-corrected chi connectivity index (χ4v) is 2.21. The van der Waals surface area contributed by atoms with Crippen LogP contribution in [0.15, 0.2) is 11.9 Å². The van der Waals surface area contributed by atoms with Crippen LogP contribution in [0.2, 0.25) is 0 Å². The van der Waals surface area contributed by atoms with E-state index in [1.807, 2.05) is 0 Å². The molecule has 0 aliphatic heterocycles. The highest BCUT2D eigenvalue weighted by atomic mass is 31.1. The van der Waals surface area contributed by atoms with Crippen molar-refractivity contribution >= 4 is 8.58 Å². The lowest BCUT2D eigenvalue weighted by molar-refractivity contribution is 0.659. The zero-order valence-corrected chi connectivity index (χ0v) is 10.9. The van der Waals surface area contributed by atoms with E-state index >= 15 is 0 Å². The first-order chi connectivity index (χ1) is 6.91. The monoisotopic (exact) mass is 213 g/mol.